The Morgan fingerprint density at radius 1 is 1.44 bits per heavy atom. The molecule has 0 saturated carbocycles. The molecule has 1 rings (SSSR count). The second-order valence-corrected chi connectivity index (χ2v) is 3.91. The molecule has 5 heteroatoms. The first kappa shape index (κ1) is 14.3. The largest absolute Gasteiger partial charge is 0.494 e. The summed E-state index contributed by atoms with van der Waals surface area (Å²) in [6.07, 6.45) is 2.01. The molecule has 1 aromatic carbocycles. The summed E-state index contributed by atoms with van der Waals surface area (Å²) in [6, 6.07) is 4.39. The first-order valence-corrected chi connectivity index (χ1v) is 6.01. The second-order valence-electron chi connectivity index (χ2n) is 3.91. The van der Waals surface area contributed by atoms with Crippen molar-refractivity contribution in [1.82, 2.24) is 5.32 Å². The van der Waals surface area contributed by atoms with Gasteiger partial charge in [0.15, 0.2) is 11.6 Å². The minimum absolute atomic E-state index is 0.0771. The maximum absolute atomic E-state index is 13.1. The summed E-state index contributed by atoms with van der Waals surface area (Å²) in [5.41, 5.74) is 0.652. The molecule has 0 fully saturated rings. The molecule has 2 N–H and O–H groups in total. The number of benzene rings is 1. The van der Waals surface area contributed by atoms with Gasteiger partial charge in [0, 0.05) is 18.3 Å². The van der Waals surface area contributed by atoms with Gasteiger partial charge in [0.2, 0.25) is 5.91 Å². The Bertz CT molecular complexity index is 397. The van der Waals surface area contributed by atoms with Crippen LogP contribution in [0.3, 0.4) is 0 Å². The normalized spacial score (nSPS) is 9.94. The molecule has 0 atom stereocenters. The molecule has 1 amide bonds. The van der Waals surface area contributed by atoms with Crippen LogP contribution in [0.4, 0.5) is 10.1 Å². The van der Waals surface area contributed by atoms with E-state index in [2.05, 4.69) is 17.6 Å². The lowest BCUT2D eigenvalue weighted by molar-refractivity contribution is -0.119. The molecule has 0 unspecified atom stereocenters. The summed E-state index contributed by atoms with van der Waals surface area (Å²) in [7, 11) is 1.40. The predicted octanol–water partition coefficient (Wildman–Crippen LogP) is 2.16. The molecule has 0 aliphatic heterocycles. The number of carbonyl (C=O) groups excluding carboxylic acids is 1. The second kappa shape index (κ2) is 7.53. The van der Waals surface area contributed by atoms with Crippen molar-refractivity contribution in [3.63, 3.8) is 0 Å². The Morgan fingerprint density at radius 3 is 2.89 bits per heavy atom. The molecule has 0 spiro atoms. The summed E-state index contributed by atoms with van der Waals surface area (Å²) in [6.45, 7) is 2.91. The van der Waals surface area contributed by atoms with Crippen molar-refractivity contribution < 1.29 is 13.9 Å². The van der Waals surface area contributed by atoms with Crippen molar-refractivity contribution in [3.8, 4) is 5.75 Å². The molecule has 18 heavy (non-hydrogen) atoms. The van der Waals surface area contributed by atoms with E-state index in [0.717, 1.165) is 12.8 Å². The van der Waals surface area contributed by atoms with Crippen LogP contribution in [0, 0.1) is 5.82 Å². The maximum atomic E-state index is 13.1. The van der Waals surface area contributed by atoms with Crippen LogP contribution in [0.5, 0.6) is 5.75 Å². The Balaban J connectivity index is 2.41. The molecule has 0 saturated heterocycles. The van der Waals surface area contributed by atoms with Gasteiger partial charge < -0.3 is 15.4 Å². The van der Waals surface area contributed by atoms with Crippen LogP contribution < -0.4 is 15.4 Å². The molecule has 0 aromatic heterocycles. The first-order chi connectivity index (χ1) is 8.67. The van der Waals surface area contributed by atoms with E-state index in [4.69, 9.17) is 4.74 Å². The molecule has 0 heterocycles. The fourth-order valence-electron chi connectivity index (χ4n) is 1.42. The number of halogens is 1. The molecular weight excluding hydrogens is 235 g/mol. The maximum Gasteiger partial charge on any atom is 0.239 e. The number of hydrogen-bond donors (Lipinski definition) is 2. The van der Waals surface area contributed by atoms with Crippen molar-refractivity contribution in [1.29, 1.82) is 0 Å². The zero-order chi connectivity index (χ0) is 13.4. The SMILES string of the molecule is CCCCNC(=O)CNc1ccc(F)c(OC)c1. The minimum atomic E-state index is -0.421. The highest BCUT2D eigenvalue weighted by molar-refractivity contribution is 5.80. The molecule has 4 nitrogen and oxygen atoms in total. The zero-order valence-corrected chi connectivity index (χ0v) is 10.8. The van der Waals surface area contributed by atoms with E-state index in [-0.39, 0.29) is 18.2 Å². The van der Waals surface area contributed by atoms with E-state index >= 15 is 0 Å². The van der Waals surface area contributed by atoms with Crippen LogP contribution in [0.25, 0.3) is 0 Å². The monoisotopic (exact) mass is 254 g/mol. The van der Waals surface area contributed by atoms with E-state index in [1.807, 2.05) is 0 Å². The lowest BCUT2D eigenvalue weighted by Crippen LogP contribution is -2.30. The van der Waals surface area contributed by atoms with E-state index in [9.17, 15) is 9.18 Å². The van der Waals surface area contributed by atoms with Crippen LogP contribution in [-0.2, 0) is 4.79 Å². The Hall–Kier alpha value is -1.78. The van der Waals surface area contributed by atoms with E-state index < -0.39 is 5.82 Å². The van der Waals surface area contributed by atoms with E-state index in [1.54, 1.807) is 6.07 Å². The average Bonchev–Trinajstić information content (AvgIpc) is 2.38. The van der Waals surface area contributed by atoms with E-state index in [0.29, 0.717) is 12.2 Å². The van der Waals surface area contributed by atoms with Gasteiger partial charge in [-0.25, -0.2) is 4.39 Å². The smallest absolute Gasteiger partial charge is 0.239 e. The number of amides is 1. The highest BCUT2D eigenvalue weighted by Crippen LogP contribution is 2.21. The Kier molecular flexibility index (Phi) is 5.97. The number of rotatable bonds is 7. The molecule has 0 aliphatic carbocycles. The highest BCUT2D eigenvalue weighted by atomic mass is 19.1. The van der Waals surface area contributed by atoms with Crippen molar-refractivity contribution in [2.45, 2.75) is 19.8 Å². The third-order valence-corrected chi connectivity index (χ3v) is 2.46. The number of ether oxygens (including phenoxy) is 1. The van der Waals surface area contributed by atoms with Gasteiger partial charge in [-0.05, 0) is 18.6 Å². The van der Waals surface area contributed by atoms with Gasteiger partial charge >= 0.3 is 0 Å². The molecule has 1 aromatic rings. The van der Waals surface area contributed by atoms with E-state index in [1.165, 1.54) is 19.2 Å². The van der Waals surface area contributed by atoms with Gasteiger partial charge in [-0.15, -0.1) is 0 Å². The van der Waals surface area contributed by atoms with Gasteiger partial charge in [0.25, 0.3) is 0 Å². The molecule has 0 bridgehead atoms. The molecule has 0 aliphatic rings. The van der Waals surface area contributed by atoms with Gasteiger partial charge in [-0.2, -0.15) is 0 Å². The van der Waals surface area contributed by atoms with Crippen LogP contribution in [0.15, 0.2) is 18.2 Å². The van der Waals surface area contributed by atoms with Crippen LogP contribution in [0.2, 0.25) is 0 Å². The topological polar surface area (TPSA) is 50.4 Å². The third-order valence-electron chi connectivity index (χ3n) is 2.46. The van der Waals surface area contributed by atoms with Crippen LogP contribution >= 0.6 is 0 Å². The molecule has 0 radical (unpaired) electrons. The van der Waals surface area contributed by atoms with Crippen LogP contribution in [0.1, 0.15) is 19.8 Å². The van der Waals surface area contributed by atoms with Gasteiger partial charge in [-0.3, -0.25) is 4.79 Å². The third kappa shape index (κ3) is 4.61. The van der Waals surface area contributed by atoms with Crippen molar-refractivity contribution >= 4 is 11.6 Å². The zero-order valence-electron chi connectivity index (χ0n) is 10.8. The number of anilines is 1. The van der Waals surface area contributed by atoms with Crippen molar-refractivity contribution in [3.05, 3.63) is 24.0 Å². The fraction of sp³-hybridized carbons (Fsp3) is 0.462. The Labute approximate surface area is 107 Å². The number of hydrogen-bond acceptors (Lipinski definition) is 3. The summed E-state index contributed by atoms with van der Waals surface area (Å²) in [5, 5.41) is 5.70. The van der Waals surface area contributed by atoms with Crippen molar-refractivity contribution in [2.75, 3.05) is 25.5 Å². The van der Waals surface area contributed by atoms with Gasteiger partial charge in [0.1, 0.15) is 0 Å². The number of carbonyl (C=O) groups is 1. The summed E-state index contributed by atoms with van der Waals surface area (Å²) >= 11 is 0. The fourth-order valence-corrected chi connectivity index (χ4v) is 1.42. The summed E-state index contributed by atoms with van der Waals surface area (Å²) in [4.78, 5) is 11.4. The first-order valence-electron chi connectivity index (χ1n) is 6.01. The summed E-state index contributed by atoms with van der Waals surface area (Å²) < 4.78 is 18.0. The van der Waals surface area contributed by atoms with Crippen LogP contribution in [-0.4, -0.2) is 26.1 Å². The lowest BCUT2D eigenvalue weighted by Gasteiger charge is -2.09. The minimum Gasteiger partial charge on any atom is -0.494 e. The lowest BCUT2D eigenvalue weighted by atomic mass is 10.3. The Morgan fingerprint density at radius 2 is 2.22 bits per heavy atom. The van der Waals surface area contributed by atoms with Gasteiger partial charge in [-0.1, -0.05) is 13.3 Å². The highest BCUT2D eigenvalue weighted by Gasteiger charge is 2.04. The van der Waals surface area contributed by atoms with Crippen molar-refractivity contribution in [2.24, 2.45) is 0 Å². The number of unbranched alkanes of at least 4 members (excludes halogenated alkanes) is 1. The standard InChI is InChI=1S/C13H19FN2O2/c1-3-4-7-15-13(17)9-16-10-5-6-11(14)12(8-10)18-2/h5-6,8,16H,3-4,7,9H2,1-2H3,(H,15,17). The predicted molar refractivity (Wildman–Crippen MR) is 69.4 cm³/mol. The molecular formula is C13H19FN2O2. The summed E-state index contributed by atoms with van der Waals surface area (Å²) in [5.74, 6) is -0.339. The number of methoxy groups -OCH3 is 1. The average molecular weight is 254 g/mol. The van der Waals surface area contributed by atoms with Gasteiger partial charge in [0.05, 0.1) is 13.7 Å². The quantitative estimate of drug-likeness (QED) is 0.733. The molecule has 100 valence electrons. The number of nitrogens with one attached hydrogen (secondary N) is 2.